The number of amides is 1. The number of methoxy groups -OCH3 is 1. The number of nitrogens with zero attached hydrogens (tertiary/aromatic N) is 2. The normalized spacial score (nSPS) is 10.3. The van der Waals surface area contributed by atoms with E-state index in [0.717, 1.165) is 11.4 Å². The Kier molecular flexibility index (Phi) is 5.55. The minimum Gasteiger partial charge on any atom is -0.497 e. The summed E-state index contributed by atoms with van der Waals surface area (Å²) in [6.45, 7) is 0. The standard InChI is InChI=1S/C18H14Cl2N4O2/c1-26-15-4-2-13(3-5-15)21-17-7-6-16(23-24-17)18(25)22-14-9-11(19)8-12(20)10-14/h2-10H,1H3,(H,21,24)(H,22,25). The van der Waals surface area contributed by atoms with Crippen molar-refractivity contribution in [1.82, 2.24) is 10.2 Å². The van der Waals surface area contributed by atoms with E-state index in [-0.39, 0.29) is 5.69 Å². The smallest absolute Gasteiger partial charge is 0.276 e. The number of hydrogen-bond donors (Lipinski definition) is 2. The van der Waals surface area contributed by atoms with Gasteiger partial charge >= 0.3 is 0 Å². The summed E-state index contributed by atoms with van der Waals surface area (Å²) in [5.41, 5.74) is 1.47. The zero-order valence-corrected chi connectivity index (χ0v) is 15.2. The largest absolute Gasteiger partial charge is 0.497 e. The number of ether oxygens (including phenoxy) is 1. The van der Waals surface area contributed by atoms with E-state index in [0.29, 0.717) is 21.6 Å². The zero-order valence-electron chi connectivity index (χ0n) is 13.7. The molecule has 132 valence electrons. The van der Waals surface area contributed by atoms with Gasteiger partial charge in [-0.05, 0) is 54.6 Å². The summed E-state index contributed by atoms with van der Waals surface area (Å²) in [7, 11) is 1.61. The van der Waals surface area contributed by atoms with E-state index in [2.05, 4.69) is 20.8 Å². The Morgan fingerprint density at radius 1 is 0.923 bits per heavy atom. The summed E-state index contributed by atoms with van der Waals surface area (Å²) in [5, 5.41) is 14.6. The van der Waals surface area contributed by atoms with E-state index in [1.807, 2.05) is 24.3 Å². The van der Waals surface area contributed by atoms with Crippen molar-refractivity contribution < 1.29 is 9.53 Å². The van der Waals surface area contributed by atoms with Gasteiger partial charge in [0.1, 0.15) is 5.75 Å². The predicted octanol–water partition coefficient (Wildman–Crippen LogP) is 4.79. The maximum Gasteiger partial charge on any atom is 0.276 e. The number of aromatic nitrogens is 2. The molecular weight excluding hydrogens is 375 g/mol. The van der Waals surface area contributed by atoms with Gasteiger partial charge in [0.05, 0.1) is 7.11 Å². The van der Waals surface area contributed by atoms with Crippen molar-refractivity contribution in [2.75, 3.05) is 17.7 Å². The number of nitrogens with one attached hydrogen (secondary N) is 2. The molecule has 0 radical (unpaired) electrons. The Morgan fingerprint density at radius 3 is 2.19 bits per heavy atom. The van der Waals surface area contributed by atoms with Gasteiger partial charge in [-0.1, -0.05) is 23.2 Å². The van der Waals surface area contributed by atoms with Crippen LogP contribution in [0.2, 0.25) is 10.0 Å². The highest BCUT2D eigenvalue weighted by Gasteiger charge is 2.10. The number of carbonyl (C=O) groups excluding carboxylic acids is 1. The number of halogens is 2. The van der Waals surface area contributed by atoms with Gasteiger partial charge in [0, 0.05) is 21.4 Å². The van der Waals surface area contributed by atoms with Crippen molar-refractivity contribution in [1.29, 1.82) is 0 Å². The van der Waals surface area contributed by atoms with Crippen LogP contribution < -0.4 is 15.4 Å². The molecule has 0 aliphatic rings. The van der Waals surface area contributed by atoms with Crippen LogP contribution in [0, 0.1) is 0 Å². The average molecular weight is 389 g/mol. The number of rotatable bonds is 5. The lowest BCUT2D eigenvalue weighted by Crippen LogP contribution is -2.14. The maximum atomic E-state index is 12.2. The zero-order chi connectivity index (χ0) is 18.5. The van der Waals surface area contributed by atoms with E-state index in [9.17, 15) is 4.79 Å². The second kappa shape index (κ2) is 8.03. The molecule has 0 spiro atoms. The first-order valence-corrected chi connectivity index (χ1v) is 8.31. The van der Waals surface area contributed by atoms with E-state index in [1.54, 1.807) is 37.4 Å². The molecule has 0 saturated carbocycles. The van der Waals surface area contributed by atoms with Crippen molar-refractivity contribution >= 4 is 46.3 Å². The Labute approximate surface area is 160 Å². The molecule has 3 rings (SSSR count). The minimum absolute atomic E-state index is 0.168. The highest BCUT2D eigenvalue weighted by Crippen LogP contribution is 2.23. The molecule has 0 fully saturated rings. The van der Waals surface area contributed by atoms with E-state index < -0.39 is 5.91 Å². The van der Waals surface area contributed by atoms with Gasteiger partial charge < -0.3 is 15.4 Å². The second-order valence-corrected chi connectivity index (χ2v) is 6.14. The van der Waals surface area contributed by atoms with Crippen LogP contribution in [0.5, 0.6) is 5.75 Å². The van der Waals surface area contributed by atoms with Gasteiger partial charge in [0.15, 0.2) is 11.5 Å². The molecular formula is C18H14Cl2N4O2. The molecule has 0 bridgehead atoms. The molecule has 8 heteroatoms. The van der Waals surface area contributed by atoms with Gasteiger partial charge in [-0.25, -0.2) is 0 Å². The molecule has 0 saturated heterocycles. The van der Waals surface area contributed by atoms with Gasteiger partial charge in [-0.2, -0.15) is 0 Å². The summed E-state index contributed by atoms with van der Waals surface area (Å²) >= 11 is 11.8. The second-order valence-electron chi connectivity index (χ2n) is 5.27. The van der Waals surface area contributed by atoms with Crippen molar-refractivity contribution in [2.45, 2.75) is 0 Å². The number of anilines is 3. The minimum atomic E-state index is -0.410. The molecule has 26 heavy (non-hydrogen) atoms. The topological polar surface area (TPSA) is 76.1 Å². The lowest BCUT2D eigenvalue weighted by Gasteiger charge is -2.08. The first-order valence-electron chi connectivity index (χ1n) is 7.56. The summed E-state index contributed by atoms with van der Waals surface area (Å²) < 4.78 is 5.11. The molecule has 2 N–H and O–H groups in total. The Hall–Kier alpha value is -2.83. The third-order valence-electron chi connectivity index (χ3n) is 3.38. The molecule has 0 aliphatic heterocycles. The van der Waals surface area contributed by atoms with Crippen LogP contribution in [-0.2, 0) is 0 Å². The van der Waals surface area contributed by atoms with Crippen molar-refractivity contribution in [3.05, 3.63) is 70.3 Å². The molecule has 3 aromatic rings. The van der Waals surface area contributed by atoms with Crippen molar-refractivity contribution in [2.24, 2.45) is 0 Å². The van der Waals surface area contributed by atoms with Gasteiger partial charge in [0.2, 0.25) is 0 Å². The Morgan fingerprint density at radius 2 is 1.62 bits per heavy atom. The molecule has 2 aromatic carbocycles. The van der Waals surface area contributed by atoms with Crippen LogP contribution in [0.1, 0.15) is 10.5 Å². The number of benzene rings is 2. The molecule has 1 aromatic heterocycles. The van der Waals surface area contributed by atoms with Crippen LogP contribution in [0.15, 0.2) is 54.6 Å². The van der Waals surface area contributed by atoms with Crippen LogP contribution in [0.25, 0.3) is 0 Å². The number of carbonyl (C=O) groups is 1. The lowest BCUT2D eigenvalue weighted by molar-refractivity contribution is 0.102. The summed E-state index contributed by atoms with van der Waals surface area (Å²) in [6.07, 6.45) is 0. The fourth-order valence-electron chi connectivity index (χ4n) is 2.16. The predicted molar refractivity (Wildman–Crippen MR) is 103 cm³/mol. The highest BCUT2D eigenvalue weighted by molar-refractivity contribution is 6.35. The van der Waals surface area contributed by atoms with Crippen LogP contribution in [0.4, 0.5) is 17.2 Å². The highest BCUT2D eigenvalue weighted by atomic mass is 35.5. The van der Waals surface area contributed by atoms with Crippen molar-refractivity contribution in [3.8, 4) is 5.75 Å². The maximum absolute atomic E-state index is 12.2. The summed E-state index contributed by atoms with van der Waals surface area (Å²) in [6, 6.07) is 15.4. The molecule has 1 amide bonds. The summed E-state index contributed by atoms with van der Waals surface area (Å²) in [5.74, 6) is 0.860. The van der Waals surface area contributed by atoms with E-state index >= 15 is 0 Å². The van der Waals surface area contributed by atoms with E-state index in [4.69, 9.17) is 27.9 Å². The first-order chi connectivity index (χ1) is 12.5. The van der Waals surface area contributed by atoms with Crippen LogP contribution in [0.3, 0.4) is 0 Å². The van der Waals surface area contributed by atoms with Gasteiger partial charge in [-0.3, -0.25) is 4.79 Å². The average Bonchev–Trinajstić information content (AvgIpc) is 2.62. The fraction of sp³-hybridized carbons (Fsp3) is 0.0556. The monoisotopic (exact) mass is 388 g/mol. The third-order valence-corrected chi connectivity index (χ3v) is 3.82. The Bertz CT molecular complexity index is 895. The summed E-state index contributed by atoms with van der Waals surface area (Å²) in [4.78, 5) is 12.2. The quantitative estimate of drug-likeness (QED) is 0.656. The van der Waals surface area contributed by atoms with E-state index in [1.165, 1.54) is 0 Å². The molecule has 0 aliphatic carbocycles. The van der Waals surface area contributed by atoms with Crippen LogP contribution >= 0.6 is 23.2 Å². The first kappa shape index (κ1) is 18.0. The van der Waals surface area contributed by atoms with Gasteiger partial charge in [-0.15, -0.1) is 10.2 Å². The lowest BCUT2D eigenvalue weighted by atomic mass is 10.3. The third kappa shape index (κ3) is 4.62. The van der Waals surface area contributed by atoms with Crippen molar-refractivity contribution in [3.63, 3.8) is 0 Å². The molecule has 6 nitrogen and oxygen atoms in total. The Balaban J connectivity index is 1.67. The fourth-order valence-corrected chi connectivity index (χ4v) is 2.69. The molecule has 0 atom stereocenters. The SMILES string of the molecule is COc1ccc(Nc2ccc(C(=O)Nc3cc(Cl)cc(Cl)c3)nn2)cc1. The van der Waals surface area contributed by atoms with Gasteiger partial charge in [0.25, 0.3) is 5.91 Å². The molecule has 0 unspecified atom stereocenters. The molecule has 1 heterocycles. The number of hydrogen-bond acceptors (Lipinski definition) is 5. The van der Waals surface area contributed by atoms with Crippen LogP contribution in [-0.4, -0.2) is 23.2 Å².